The van der Waals surface area contributed by atoms with Gasteiger partial charge in [-0.1, -0.05) is 24.1 Å². The highest BCUT2D eigenvalue weighted by molar-refractivity contribution is 5.33. The number of piperidine rings is 1. The molecule has 1 N–H and O–H groups in total. The molecule has 0 unspecified atom stereocenters. The number of rotatable bonds is 6. The van der Waals surface area contributed by atoms with Crippen molar-refractivity contribution in [3.63, 3.8) is 0 Å². The number of hydrogen-bond donors (Lipinski definition) is 1. The molecule has 0 radical (unpaired) electrons. The maximum Gasteiger partial charge on any atom is 0.148 e. The summed E-state index contributed by atoms with van der Waals surface area (Å²) in [5.74, 6) is 3.42. The van der Waals surface area contributed by atoms with Crippen molar-refractivity contribution in [3.05, 3.63) is 29.8 Å². The highest BCUT2D eigenvalue weighted by Gasteiger charge is 2.31. The molecule has 2 aliphatic rings. The van der Waals surface area contributed by atoms with Crippen LogP contribution in [-0.2, 0) is 6.54 Å². The number of para-hydroxylation sites is 1. The lowest BCUT2D eigenvalue weighted by atomic mass is 10.0. The van der Waals surface area contributed by atoms with Gasteiger partial charge in [0.05, 0.1) is 0 Å². The SMILES string of the molecule is C#CCOc1ccccc1CNC1CCN(C2CC2)CC1. The first-order valence-corrected chi connectivity index (χ1v) is 7.98. The molecule has 1 saturated carbocycles. The summed E-state index contributed by atoms with van der Waals surface area (Å²) in [6.45, 7) is 3.68. The first-order valence-electron chi connectivity index (χ1n) is 7.98. The van der Waals surface area contributed by atoms with E-state index in [0.717, 1.165) is 18.3 Å². The minimum absolute atomic E-state index is 0.330. The summed E-state index contributed by atoms with van der Waals surface area (Å²) in [6.07, 6.45) is 10.6. The molecule has 3 rings (SSSR count). The third kappa shape index (κ3) is 4.00. The van der Waals surface area contributed by atoms with Crippen LogP contribution in [0.4, 0.5) is 0 Å². The summed E-state index contributed by atoms with van der Waals surface area (Å²) in [6, 6.07) is 9.67. The minimum atomic E-state index is 0.330. The summed E-state index contributed by atoms with van der Waals surface area (Å²) < 4.78 is 5.60. The Morgan fingerprint density at radius 3 is 2.67 bits per heavy atom. The fourth-order valence-corrected chi connectivity index (χ4v) is 3.07. The Kier molecular flexibility index (Phi) is 4.80. The second-order valence-electron chi connectivity index (χ2n) is 6.02. The number of ether oxygens (including phenoxy) is 1. The summed E-state index contributed by atoms with van der Waals surface area (Å²) in [5, 5.41) is 3.68. The summed E-state index contributed by atoms with van der Waals surface area (Å²) in [5.41, 5.74) is 1.19. The lowest BCUT2D eigenvalue weighted by Gasteiger charge is -2.32. The Balaban J connectivity index is 1.47. The van der Waals surface area contributed by atoms with Crippen LogP contribution in [0.25, 0.3) is 0 Å². The first kappa shape index (κ1) is 14.4. The molecule has 0 atom stereocenters. The maximum absolute atomic E-state index is 5.60. The van der Waals surface area contributed by atoms with Gasteiger partial charge >= 0.3 is 0 Å². The van der Waals surface area contributed by atoms with E-state index in [1.165, 1.54) is 44.3 Å². The third-order valence-corrected chi connectivity index (χ3v) is 4.46. The van der Waals surface area contributed by atoms with Crippen LogP contribution < -0.4 is 10.1 Å². The van der Waals surface area contributed by atoms with Crippen molar-refractivity contribution in [2.45, 2.75) is 44.3 Å². The smallest absolute Gasteiger partial charge is 0.148 e. The fourth-order valence-electron chi connectivity index (χ4n) is 3.07. The molecule has 3 nitrogen and oxygen atoms in total. The maximum atomic E-state index is 5.60. The van der Waals surface area contributed by atoms with Crippen LogP contribution in [0.15, 0.2) is 24.3 Å². The molecule has 1 heterocycles. The number of hydrogen-bond acceptors (Lipinski definition) is 3. The highest BCUT2D eigenvalue weighted by Crippen LogP contribution is 2.29. The average molecular weight is 284 g/mol. The molecular formula is C18H24N2O. The predicted octanol–water partition coefficient (Wildman–Crippen LogP) is 2.42. The monoisotopic (exact) mass is 284 g/mol. The van der Waals surface area contributed by atoms with Gasteiger partial charge in [-0.3, -0.25) is 0 Å². The fraction of sp³-hybridized carbons (Fsp3) is 0.556. The molecule has 112 valence electrons. The zero-order valence-electron chi connectivity index (χ0n) is 12.6. The van der Waals surface area contributed by atoms with Crippen molar-refractivity contribution in [1.82, 2.24) is 10.2 Å². The van der Waals surface area contributed by atoms with E-state index in [1.807, 2.05) is 12.1 Å². The van der Waals surface area contributed by atoms with Gasteiger partial charge in [0.15, 0.2) is 0 Å². The van der Waals surface area contributed by atoms with Crippen LogP contribution in [0.2, 0.25) is 0 Å². The van der Waals surface area contributed by atoms with Crippen LogP contribution in [0, 0.1) is 12.3 Å². The van der Waals surface area contributed by atoms with Crippen molar-refractivity contribution < 1.29 is 4.74 Å². The summed E-state index contributed by atoms with van der Waals surface area (Å²) in [7, 11) is 0. The Bertz CT molecular complexity index is 496. The Morgan fingerprint density at radius 1 is 1.19 bits per heavy atom. The third-order valence-electron chi connectivity index (χ3n) is 4.46. The average Bonchev–Trinajstić information content (AvgIpc) is 3.37. The standard InChI is InChI=1S/C18H24N2O/c1-2-13-21-18-6-4-3-5-15(18)14-19-16-9-11-20(12-10-16)17-7-8-17/h1,3-6,16-17,19H,7-14H2. The minimum Gasteiger partial charge on any atom is -0.481 e. The van der Waals surface area contributed by atoms with Gasteiger partial charge in [-0.25, -0.2) is 0 Å². The molecule has 21 heavy (non-hydrogen) atoms. The number of nitrogens with zero attached hydrogens (tertiary/aromatic N) is 1. The number of likely N-dealkylation sites (tertiary alicyclic amines) is 1. The van der Waals surface area contributed by atoms with Gasteiger partial charge in [-0.05, 0) is 44.8 Å². The van der Waals surface area contributed by atoms with Crippen molar-refractivity contribution in [3.8, 4) is 18.1 Å². The highest BCUT2D eigenvalue weighted by atomic mass is 16.5. The van der Waals surface area contributed by atoms with E-state index in [4.69, 9.17) is 11.2 Å². The zero-order chi connectivity index (χ0) is 14.5. The van der Waals surface area contributed by atoms with Gasteiger partial charge < -0.3 is 15.0 Å². The molecule has 2 fully saturated rings. The van der Waals surface area contributed by atoms with Crippen molar-refractivity contribution in [2.75, 3.05) is 19.7 Å². The topological polar surface area (TPSA) is 24.5 Å². The van der Waals surface area contributed by atoms with E-state index < -0.39 is 0 Å². The second kappa shape index (κ2) is 6.98. The molecule has 1 saturated heterocycles. The van der Waals surface area contributed by atoms with Crippen molar-refractivity contribution in [1.29, 1.82) is 0 Å². The first-order chi connectivity index (χ1) is 10.4. The van der Waals surface area contributed by atoms with Gasteiger partial charge in [-0.2, -0.15) is 0 Å². The van der Waals surface area contributed by atoms with Crippen molar-refractivity contribution >= 4 is 0 Å². The second-order valence-corrected chi connectivity index (χ2v) is 6.02. The van der Waals surface area contributed by atoms with Gasteiger partial charge in [0.1, 0.15) is 12.4 Å². The van der Waals surface area contributed by atoms with Crippen LogP contribution in [0.1, 0.15) is 31.2 Å². The Morgan fingerprint density at radius 2 is 1.95 bits per heavy atom. The van der Waals surface area contributed by atoms with E-state index >= 15 is 0 Å². The van der Waals surface area contributed by atoms with Gasteiger partial charge in [0, 0.05) is 24.2 Å². The van der Waals surface area contributed by atoms with E-state index in [2.05, 4.69) is 28.3 Å². The summed E-state index contributed by atoms with van der Waals surface area (Å²) >= 11 is 0. The van der Waals surface area contributed by atoms with Crippen LogP contribution >= 0.6 is 0 Å². The molecular weight excluding hydrogens is 260 g/mol. The summed E-state index contributed by atoms with van der Waals surface area (Å²) in [4.78, 5) is 2.65. The van der Waals surface area contributed by atoms with E-state index in [0.29, 0.717) is 12.6 Å². The van der Waals surface area contributed by atoms with E-state index in [-0.39, 0.29) is 0 Å². The predicted molar refractivity (Wildman–Crippen MR) is 85.2 cm³/mol. The van der Waals surface area contributed by atoms with Crippen LogP contribution in [0.3, 0.4) is 0 Å². The number of nitrogens with one attached hydrogen (secondary N) is 1. The Hall–Kier alpha value is -1.50. The van der Waals surface area contributed by atoms with Crippen molar-refractivity contribution in [2.24, 2.45) is 0 Å². The van der Waals surface area contributed by atoms with E-state index in [1.54, 1.807) is 0 Å². The lowest BCUT2D eigenvalue weighted by Crippen LogP contribution is -2.43. The molecule has 0 aromatic heterocycles. The number of benzene rings is 1. The molecule has 1 aliphatic heterocycles. The lowest BCUT2D eigenvalue weighted by molar-refractivity contribution is 0.189. The number of terminal acetylenes is 1. The molecule has 1 aromatic carbocycles. The molecule has 1 aliphatic carbocycles. The van der Waals surface area contributed by atoms with Gasteiger partial charge in [-0.15, -0.1) is 6.42 Å². The molecule has 0 amide bonds. The van der Waals surface area contributed by atoms with Crippen LogP contribution in [-0.4, -0.2) is 36.7 Å². The molecule has 3 heteroatoms. The quantitative estimate of drug-likeness (QED) is 0.812. The largest absolute Gasteiger partial charge is 0.481 e. The van der Waals surface area contributed by atoms with Gasteiger partial charge in [0.2, 0.25) is 0 Å². The normalized spacial score (nSPS) is 20.1. The van der Waals surface area contributed by atoms with Crippen LogP contribution in [0.5, 0.6) is 5.75 Å². The van der Waals surface area contributed by atoms with Gasteiger partial charge in [0.25, 0.3) is 0 Å². The van der Waals surface area contributed by atoms with E-state index in [9.17, 15) is 0 Å². The zero-order valence-corrected chi connectivity index (χ0v) is 12.6. The molecule has 1 aromatic rings. The Labute approximate surface area is 127 Å². The molecule has 0 spiro atoms. The molecule has 0 bridgehead atoms.